The summed E-state index contributed by atoms with van der Waals surface area (Å²) in [5, 5.41) is 18.3. The summed E-state index contributed by atoms with van der Waals surface area (Å²) < 4.78 is 2.47. The number of aromatic nitrogens is 5. The lowest BCUT2D eigenvalue weighted by Gasteiger charge is -2.47. The summed E-state index contributed by atoms with van der Waals surface area (Å²) in [7, 11) is 1.78. The molecule has 3 rings (SSSR count). The van der Waals surface area contributed by atoms with Gasteiger partial charge in [0, 0.05) is 7.05 Å². The Kier molecular flexibility index (Phi) is 3.02. The minimum Gasteiger partial charge on any atom is -0.380 e. The molecule has 0 spiro atoms. The third-order valence-electron chi connectivity index (χ3n) is 3.51. The predicted octanol–water partition coefficient (Wildman–Crippen LogP) is 0.692. The largest absolute Gasteiger partial charge is 0.380 e. The average molecular weight is 339 g/mol. The molecule has 20 heavy (non-hydrogen) atoms. The quantitative estimate of drug-likeness (QED) is 0.867. The van der Waals surface area contributed by atoms with Crippen LogP contribution in [0.15, 0.2) is 10.7 Å². The first-order valence-corrected chi connectivity index (χ1v) is 7.03. The van der Waals surface area contributed by atoms with Gasteiger partial charge in [0.25, 0.3) is 0 Å². The molecule has 7 nitrogen and oxygen atoms in total. The Morgan fingerprint density at radius 1 is 1.30 bits per heavy atom. The molecule has 0 atom stereocenters. The summed E-state index contributed by atoms with van der Waals surface area (Å²) in [6, 6.07) is 0. The zero-order chi connectivity index (χ0) is 14.5. The van der Waals surface area contributed by atoms with Crippen molar-refractivity contribution in [2.24, 2.45) is 7.05 Å². The third-order valence-corrected chi connectivity index (χ3v) is 4.44. The van der Waals surface area contributed by atoms with Crippen molar-refractivity contribution in [3.63, 3.8) is 0 Å². The van der Waals surface area contributed by atoms with E-state index >= 15 is 0 Å². The van der Waals surface area contributed by atoms with E-state index in [1.807, 2.05) is 18.7 Å². The molecule has 0 aliphatic carbocycles. The highest BCUT2D eigenvalue weighted by Gasteiger charge is 2.46. The number of hydrogen-bond donors (Lipinski definition) is 1. The van der Waals surface area contributed by atoms with Crippen LogP contribution in [-0.2, 0) is 12.6 Å². The first-order chi connectivity index (χ1) is 9.40. The SMILES string of the molecule is Cc1nc(C)c(Br)c(N2CC(O)(c3cnnn3C)C2)n1. The first-order valence-electron chi connectivity index (χ1n) is 6.24. The van der Waals surface area contributed by atoms with Gasteiger partial charge in [-0.05, 0) is 29.8 Å². The molecule has 0 amide bonds. The van der Waals surface area contributed by atoms with Crippen molar-refractivity contribution in [3.8, 4) is 0 Å². The lowest BCUT2D eigenvalue weighted by atomic mass is 9.90. The Morgan fingerprint density at radius 3 is 2.60 bits per heavy atom. The van der Waals surface area contributed by atoms with E-state index in [0.29, 0.717) is 18.8 Å². The van der Waals surface area contributed by atoms with E-state index in [1.54, 1.807) is 17.9 Å². The molecule has 0 aromatic carbocycles. The fourth-order valence-corrected chi connectivity index (χ4v) is 2.93. The summed E-state index contributed by atoms with van der Waals surface area (Å²) in [6.45, 7) is 4.71. The second kappa shape index (κ2) is 4.49. The number of halogens is 1. The van der Waals surface area contributed by atoms with Crippen LogP contribution in [0.3, 0.4) is 0 Å². The van der Waals surface area contributed by atoms with Crippen molar-refractivity contribution in [2.45, 2.75) is 19.4 Å². The van der Waals surface area contributed by atoms with Crippen LogP contribution >= 0.6 is 15.9 Å². The van der Waals surface area contributed by atoms with Gasteiger partial charge >= 0.3 is 0 Å². The van der Waals surface area contributed by atoms with E-state index in [0.717, 1.165) is 21.8 Å². The molecule has 0 unspecified atom stereocenters. The molecular weight excluding hydrogens is 324 g/mol. The second-order valence-electron chi connectivity index (χ2n) is 5.12. The van der Waals surface area contributed by atoms with Gasteiger partial charge in [0.05, 0.1) is 35.1 Å². The molecule has 0 bridgehead atoms. The predicted molar refractivity (Wildman–Crippen MR) is 76.3 cm³/mol. The molecule has 2 aromatic heterocycles. The molecule has 2 aromatic rings. The lowest BCUT2D eigenvalue weighted by molar-refractivity contribution is -0.000623. The van der Waals surface area contributed by atoms with Gasteiger partial charge in [0.1, 0.15) is 17.2 Å². The van der Waals surface area contributed by atoms with Gasteiger partial charge in [-0.1, -0.05) is 5.21 Å². The minimum atomic E-state index is -0.926. The smallest absolute Gasteiger partial charge is 0.147 e. The minimum absolute atomic E-state index is 0.461. The molecular formula is C12H15BrN6O. The molecule has 1 N–H and O–H groups in total. The summed E-state index contributed by atoms with van der Waals surface area (Å²) in [6.07, 6.45) is 1.60. The molecule has 8 heteroatoms. The Hall–Kier alpha value is -1.54. The van der Waals surface area contributed by atoms with Crippen molar-refractivity contribution in [1.29, 1.82) is 0 Å². The molecule has 0 radical (unpaired) electrons. The van der Waals surface area contributed by atoms with Crippen LogP contribution in [0.5, 0.6) is 0 Å². The van der Waals surface area contributed by atoms with Crippen LogP contribution in [0.2, 0.25) is 0 Å². The molecule has 1 aliphatic rings. The third kappa shape index (κ3) is 1.99. The van der Waals surface area contributed by atoms with Gasteiger partial charge in [0.2, 0.25) is 0 Å². The number of anilines is 1. The van der Waals surface area contributed by atoms with Crippen molar-refractivity contribution in [1.82, 2.24) is 25.0 Å². The fraction of sp³-hybridized carbons (Fsp3) is 0.500. The van der Waals surface area contributed by atoms with Gasteiger partial charge in [-0.2, -0.15) is 0 Å². The Balaban J connectivity index is 1.86. The highest BCUT2D eigenvalue weighted by Crippen LogP contribution is 2.37. The number of rotatable bonds is 2. The van der Waals surface area contributed by atoms with Gasteiger partial charge in [0.15, 0.2) is 0 Å². The van der Waals surface area contributed by atoms with Crippen LogP contribution in [0, 0.1) is 13.8 Å². The van der Waals surface area contributed by atoms with Crippen molar-refractivity contribution in [3.05, 3.63) is 27.9 Å². The van der Waals surface area contributed by atoms with Gasteiger partial charge in [-0.15, -0.1) is 5.10 Å². The van der Waals surface area contributed by atoms with E-state index in [4.69, 9.17) is 0 Å². The summed E-state index contributed by atoms with van der Waals surface area (Å²) in [5.74, 6) is 1.54. The van der Waals surface area contributed by atoms with Crippen LogP contribution in [0.25, 0.3) is 0 Å². The maximum Gasteiger partial charge on any atom is 0.147 e. The highest BCUT2D eigenvalue weighted by molar-refractivity contribution is 9.10. The van der Waals surface area contributed by atoms with E-state index in [2.05, 4.69) is 36.2 Å². The standard InChI is InChI=1S/C12H15BrN6O/c1-7-10(13)11(16-8(2)15-7)19-5-12(20,6-19)9-4-14-17-18(9)3/h4,20H,5-6H2,1-3H3. The Labute approximate surface area is 124 Å². The maximum absolute atomic E-state index is 10.6. The molecule has 3 heterocycles. The molecule has 1 saturated heterocycles. The van der Waals surface area contributed by atoms with Crippen LogP contribution in [-0.4, -0.2) is 43.2 Å². The van der Waals surface area contributed by atoms with Crippen molar-refractivity contribution in [2.75, 3.05) is 18.0 Å². The zero-order valence-corrected chi connectivity index (χ0v) is 13.1. The number of nitrogens with zero attached hydrogens (tertiary/aromatic N) is 6. The number of aliphatic hydroxyl groups is 1. The van der Waals surface area contributed by atoms with E-state index in [1.165, 1.54) is 0 Å². The number of aryl methyl sites for hydroxylation is 3. The maximum atomic E-state index is 10.6. The highest BCUT2D eigenvalue weighted by atomic mass is 79.9. The van der Waals surface area contributed by atoms with Crippen molar-refractivity contribution >= 4 is 21.7 Å². The normalized spacial score (nSPS) is 17.1. The fourth-order valence-electron chi connectivity index (χ4n) is 2.50. The number of β-amino-alcohol motifs (C(OH)–C–C–N with tert-alkyl or cyclic N) is 1. The van der Waals surface area contributed by atoms with Gasteiger partial charge in [-0.25, -0.2) is 14.6 Å². The Morgan fingerprint density at radius 2 is 2.00 bits per heavy atom. The number of hydrogen-bond acceptors (Lipinski definition) is 6. The molecule has 0 saturated carbocycles. The zero-order valence-electron chi connectivity index (χ0n) is 11.5. The van der Waals surface area contributed by atoms with Crippen LogP contribution < -0.4 is 4.90 Å². The van der Waals surface area contributed by atoms with Crippen molar-refractivity contribution < 1.29 is 5.11 Å². The summed E-state index contributed by atoms with van der Waals surface area (Å²) in [4.78, 5) is 10.8. The van der Waals surface area contributed by atoms with Gasteiger partial charge < -0.3 is 10.0 Å². The molecule has 106 valence electrons. The van der Waals surface area contributed by atoms with Gasteiger partial charge in [-0.3, -0.25) is 0 Å². The monoisotopic (exact) mass is 338 g/mol. The van der Waals surface area contributed by atoms with E-state index in [9.17, 15) is 5.11 Å². The summed E-state index contributed by atoms with van der Waals surface area (Å²) in [5.41, 5.74) is 0.683. The first kappa shape index (κ1) is 13.4. The average Bonchev–Trinajstić information content (AvgIpc) is 2.77. The molecule has 1 aliphatic heterocycles. The Bertz CT molecular complexity index is 664. The molecule has 1 fully saturated rings. The van der Waals surface area contributed by atoms with Crippen LogP contribution in [0.1, 0.15) is 17.2 Å². The summed E-state index contributed by atoms with van der Waals surface area (Å²) >= 11 is 3.51. The van der Waals surface area contributed by atoms with Crippen LogP contribution in [0.4, 0.5) is 5.82 Å². The van der Waals surface area contributed by atoms with E-state index in [-0.39, 0.29) is 0 Å². The topological polar surface area (TPSA) is 80.0 Å². The van der Waals surface area contributed by atoms with E-state index < -0.39 is 5.60 Å². The lowest BCUT2D eigenvalue weighted by Crippen LogP contribution is -2.60. The second-order valence-corrected chi connectivity index (χ2v) is 5.92.